The third-order valence-electron chi connectivity index (χ3n) is 4.72. The van der Waals surface area contributed by atoms with Crippen LogP contribution in [0.15, 0.2) is 42.5 Å². The Labute approximate surface area is 167 Å². The molecule has 0 aliphatic carbocycles. The van der Waals surface area contributed by atoms with Gasteiger partial charge in [-0.1, -0.05) is 41.4 Å². The molecule has 1 aliphatic rings. The smallest absolute Gasteiger partial charge is 0.227 e. The number of hydrogen-bond donors (Lipinski definition) is 2. The van der Waals surface area contributed by atoms with Gasteiger partial charge in [-0.25, -0.2) is 0 Å². The zero-order valence-corrected chi connectivity index (χ0v) is 16.1. The van der Waals surface area contributed by atoms with E-state index in [4.69, 9.17) is 23.2 Å². The number of phenols is 1. The average molecular weight is 407 g/mol. The molecular weight excluding hydrogens is 387 g/mol. The SMILES string of the molecule is O=C(Nc1ccccc1O)C1CCN(C(=O)Cc2ccc(Cl)c(Cl)c2)CC1. The molecule has 0 unspecified atom stereocenters. The molecule has 1 fully saturated rings. The monoisotopic (exact) mass is 406 g/mol. The van der Waals surface area contributed by atoms with Gasteiger partial charge in [-0.05, 0) is 42.7 Å². The van der Waals surface area contributed by atoms with E-state index < -0.39 is 0 Å². The summed E-state index contributed by atoms with van der Waals surface area (Å²) in [5.41, 5.74) is 1.22. The van der Waals surface area contributed by atoms with Crippen LogP contribution in [0.5, 0.6) is 5.75 Å². The lowest BCUT2D eigenvalue weighted by atomic mass is 9.95. The second-order valence-corrected chi connectivity index (χ2v) is 7.40. The van der Waals surface area contributed by atoms with Gasteiger partial charge in [0.1, 0.15) is 5.75 Å². The maximum absolute atomic E-state index is 12.5. The topological polar surface area (TPSA) is 69.6 Å². The maximum atomic E-state index is 12.5. The number of benzene rings is 2. The number of nitrogens with one attached hydrogen (secondary N) is 1. The Hall–Kier alpha value is -2.24. The van der Waals surface area contributed by atoms with Crippen LogP contribution in [0.2, 0.25) is 10.0 Å². The van der Waals surface area contributed by atoms with E-state index in [0.717, 1.165) is 5.56 Å². The lowest BCUT2D eigenvalue weighted by molar-refractivity contribution is -0.133. The minimum absolute atomic E-state index is 0.00736. The highest BCUT2D eigenvalue weighted by molar-refractivity contribution is 6.42. The summed E-state index contributed by atoms with van der Waals surface area (Å²) in [6.45, 7) is 1.05. The fraction of sp³-hybridized carbons (Fsp3) is 0.300. The minimum Gasteiger partial charge on any atom is -0.506 e. The predicted octanol–water partition coefficient (Wildman–Crippen LogP) is 4.12. The summed E-state index contributed by atoms with van der Waals surface area (Å²) in [5.74, 6) is -0.264. The van der Waals surface area contributed by atoms with E-state index in [0.29, 0.717) is 41.7 Å². The van der Waals surface area contributed by atoms with Gasteiger partial charge in [-0.2, -0.15) is 0 Å². The van der Waals surface area contributed by atoms with Crippen molar-refractivity contribution in [3.63, 3.8) is 0 Å². The molecule has 1 saturated heterocycles. The highest BCUT2D eigenvalue weighted by Gasteiger charge is 2.27. The molecule has 142 valence electrons. The molecule has 0 atom stereocenters. The molecule has 0 spiro atoms. The first kappa shape index (κ1) is 19.5. The number of likely N-dealkylation sites (tertiary alicyclic amines) is 1. The summed E-state index contributed by atoms with van der Waals surface area (Å²) in [4.78, 5) is 26.7. The summed E-state index contributed by atoms with van der Waals surface area (Å²) in [7, 11) is 0. The van der Waals surface area contributed by atoms with E-state index in [1.165, 1.54) is 6.07 Å². The van der Waals surface area contributed by atoms with Gasteiger partial charge in [-0.15, -0.1) is 0 Å². The number of aromatic hydroxyl groups is 1. The summed E-state index contributed by atoms with van der Waals surface area (Å²) < 4.78 is 0. The van der Waals surface area contributed by atoms with E-state index in [2.05, 4.69) is 5.32 Å². The van der Waals surface area contributed by atoms with Crippen molar-refractivity contribution in [2.24, 2.45) is 5.92 Å². The number of nitrogens with zero attached hydrogens (tertiary/aromatic N) is 1. The largest absolute Gasteiger partial charge is 0.506 e. The number of anilines is 1. The lowest BCUT2D eigenvalue weighted by Crippen LogP contribution is -2.42. The van der Waals surface area contributed by atoms with E-state index in [1.54, 1.807) is 41.3 Å². The first-order valence-corrected chi connectivity index (χ1v) is 9.50. The van der Waals surface area contributed by atoms with E-state index in [-0.39, 0.29) is 29.9 Å². The van der Waals surface area contributed by atoms with Crippen LogP contribution in [0, 0.1) is 5.92 Å². The highest BCUT2D eigenvalue weighted by atomic mass is 35.5. The van der Waals surface area contributed by atoms with Crippen molar-refractivity contribution >= 4 is 40.7 Å². The Balaban J connectivity index is 1.52. The van der Waals surface area contributed by atoms with Gasteiger partial charge >= 0.3 is 0 Å². The van der Waals surface area contributed by atoms with Crippen molar-refractivity contribution in [3.8, 4) is 5.75 Å². The van der Waals surface area contributed by atoms with Gasteiger partial charge in [-0.3, -0.25) is 9.59 Å². The molecule has 1 heterocycles. The van der Waals surface area contributed by atoms with Gasteiger partial charge in [0.2, 0.25) is 11.8 Å². The van der Waals surface area contributed by atoms with Crippen LogP contribution in [-0.4, -0.2) is 34.9 Å². The molecule has 5 nitrogen and oxygen atoms in total. The van der Waals surface area contributed by atoms with Crippen LogP contribution in [0.4, 0.5) is 5.69 Å². The molecule has 2 amide bonds. The fourth-order valence-corrected chi connectivity index (χ4v) is 3.46. The van der Waals surface area contributed by atoms with Gasteiger partial charge in [0, 0.05) is 19.0 Å². The summed E-state index contributed by atoms with van der Waals surface area (Å²) >= 11 is 11.9. The van der Waals surface area contributed by atoms with Gasteiger partial charge < -0.3 is 15.3 Å². The molecule has 27 heavy (non-hydrogen) atoms. The molecule has 0 radical (unpaired) electrons. The van der Waals surface area contributed by atoms with E-state index >= 15 is 0 Å². The zero-order valence-electron chi connectivity index (χ0n) is 14.6. The Morgan fingerprint density at radius 3 is 2.44 bits per heavy atom. The number of rotatable bonds is 4. The molecule has 2 N–H and O–H groups in total. The number of carbonyl (C=O) groups is 2. The summed E-state index contributed by atoms with van der Waals surface area (Å²) in [6, 6.07) is 11.8. The van der Waals surface area contributed by atoms with Gasteiger partial charge in [0.25, 0.3) is 0 Å². The summed E-state index contributed by atoms with van der Waals surface area (Å²) in [6.07, 6.45) is 1.44. The van der Waals surface area contributed by atoms with Crippen LogP contribution in [-0.2, 0) is 16.0 Å². The number of piperidine rings is 1. The molecule has 2 aromatic carbocycles. The number of amides is 2. The normalized spacial score (nSPS) is 14.8. The quantitative estimate of drug-likeness (QED) is 0.750. The summed E-state index contributed by atoms with van der Waals surface area (Å²) in [5, 5.41) is 13.4. The first-order valence-electron chi connectivity index (χ1n) is 8.74. The maximum Gasteiger partial charge on any atom is 0.227 e. The van der Waals surface area contributed by atoms with Crippen LogP contribution >= 0.6 is 23.2 Å². The lowest BCUT2D eigenvalue weighted by Gasteiger charge is -2.31. The Kier molecular flexibility index (Phi) is 6.24. The van der Waals surface area contributed by atoms with E-state index in [9.17, 15) is 14.7 Å². The molecule has 3 rings (SSSR count). The van der Waals surface area contributed by atoms with E-state index in [1.807, 2.05) is 0 Å². The van der Waals surface area contributed by atoms with Crippen molar-refractivity contribution in [1.29, 1.82) is 0 Å². The van der Waals surface area contributed by atoms with Crippen molar-refractivity contribution in [3.05, 3.63) is 58.1 Å². The predicted molar refractivity (Wildman–Crippen MR) is 106 cm³/mol. The Morgan fingerprint density at radius 1 is 1.07 bits per heavy atom. The molecule has 0 aromatic heterocycles. The van der Waals surface area contributed by atoms with Crippen molar-refractivity contribution in [2.75, 3.05) is 18.4 Å². The number of para-hydroxylation sites is 2. The highest BCUT2D eigenvalue weighted by Crippen LogP contribution is 2.26. The second kappa shape index (κ2) is 8.63. The molecular formula is C20H20Cl2N2O3. The van der Waals surface area contributed by atoms with Gasteiger partial charge in [0.05, 0.1) is 22.2 Å². The van der Waals surface area contributed by atoms with Crippen molar-refractivity contribution in [2.45, 2.75) is 19.3 Å². The zero-order chi connectivity index (χ0) is 19.4. The standard InChI is InChI=1S/C20H20Cl2N2O3/c21-15-6-5-13(11-16(15)22)12-19(26)24-9-7-14(8-10-24)20(27)23-17-3-1-2-4-18(17)25/h1-6,11,14,25H,7-10,12H2,(H,23,27). The molecule has 1 aliphatic heterocycles. The van der Waals surface area contributed by atoms with Crippen LogP contribution in [0.3, 0.4) is 0 Å². The molecule has 0 saturated carbocycles. The Morgan fingerprint density at radius 2 is 1.78 bits per heavy atom. The number of phenolic OH excluding ortho intramolecular Hbond substituents is 1. The fourth-order valence-electron chi connectivity index (χ4n) is 3.14. The Bertz CT molecular complexity index is 849. The van der Waals surface area contributed by atoms with Crippen molar-refractivity contribution in [1.82, 2.24) is 4.90 Å². The average Bonchev–Trinajstić information content (AvgIpc) is 2.66. The minimum atomic E-state index is -0.182. The number of hydrogen-bond acceptors (Lipinski definition) is 3. The molecule has 2 aromatic rings. The van der Waals surface area contributed by atoms with Crippen LogP contribution < -0.4 is 5.32 Å². The number of halogens is 2. The third-order valence-corrected chi connectivity index (χ3v) is 5.46. The third kappa shape index (κ3) is 4.93. The second-order valence-electron chi connectivity index (χ2n) is 6.59. The number of carbonyl (C=O) groups excluding carboxylic acids is 2. The van der Waals surface area contributed by atoms with Crippen LogP contribution in [0.1, 0.15) is 18.4 Å². The molecule has 0 bridgehead atoms. The first-order chi connectivity index (χ1) is 12.9. The van der Waals surface area contributed by atoms with Gasteiger partial charge in [0.15, 0.2) is 0 Å². The van der Waals surface area contributed by atoms with Crippen molar-refractivity contribution < 1.29 is 14.7 Å². The van der Waals surface area contributed by atoms with Crippen LogP contribution in [0.25, 0.3) is 0 Å². The molecule has 7 heteroatoms.